The number of aromatic nitrogens is 4. The quantitative estimate of drug-likeness (QED) is 0.128. The fraction of sp³-hybridized carbons (Fsp3) is 0.357. The average molecular weight is 601 g/mol. The van der Waals surface area contributed by atoms with Gasteiger partial charge in [0.25, 0.3) is 0 Å². The summed E-state index contributed by atoms with van der Waals surface area (Å²) in [7, 11) is 1.60. The Morgan fingerprint density at radius 2 is 1.97 bits per heavy atom. The molecule has 4 rings (SSSR count). The van der Waals surface area contributed by atoms with Gasteiger partial charge in [0.1, 0.15) is 23.7 Å². The normalized spacial score (nSPS) is 11.1. The van der Waals surface area contributed by atoms with Gasteiger partial charge in [0.05, 0.1) is 19.2 Å². The van der Waals surface area contributed by atoms with E-state index in [2.05, 4.69) is 56.1 Å². The predicted octanol–water partition coefficient (Wildman–Crippen LogP) is 7.18. The van der Waals surface area contributed by atoms with Crippen LogP contribution in [0.25, 0.3) is 10.9 Å². The molecule has 2 aromatic heterocycles. The number of fused-ring (bicyclic) bond motifs is 1. The van der Waals surface area contributed by atoms with Gasteiger partial charge in [0, 0.05) is 34.6 Å². The highest BCUT2D eigenvalue weighted by Gasteiger charge is 2.16. The first-order valence-electron chi connectivity index (χ1n) is 12.7. The Morgan fingerprint density at radius 3 is 2.71 bits per heavy atom. The number of carbonyl (C=O) groups excluding carboxylic acids is 1. The molecule has 200 valence electrons. The van der Waals surface area contributed by atoms with Gasteiger partial charge in [-0.1, -0.05) is 47.8 Å². The van der Waals surface area contributed by atoms with Crippen molar-refractivity contribution in [1.29, 1.82) is 0 Å². The third-order valence-electron chi connectivity index (χ3n) is 6.31. The van der Waals surface area contributed by atoms with Gasteiger partial charge in [0.15, 0.2) is 22.9 Å². The standard InChI is InChI=1S/C28H31BrClN5O3/c1-4-6-8-26-34-27(30)23(16-36)35(26)11-7-12-38-25-14-20-22(15-24(25)37-3)31-17-32-28(20)33-21-10-9-19(29)13-18(21)5-2/h9-10,13-17H,4-8,11-12H2,1-3H3,(H,31,32,33). The van der Waals surface area contributed by atoms with Gasteiger partial charge in [-0.05, 0) is 49.1 Å². The maximum Gasteiger partial charge on any atom is 0.169 e. The molecule has 0 unspecified atom stereocenters. The number of benzene rings is 2. The molecule has 0 saturated carbocycles. The van der Waals surface area contributed by atoms with E-state index in [1.54, 1.807) is 7.11 Å². The smallest absolute Gasteiger partial charge is 0.169 e. The zero-order chi connectivity index (χ0) is 27.1. The molecule has 0 atom stereocenters. The maximum absolute atomic E-state index is 11.6. The third-order valence-corrected chi connectivity index (χ3v) is 7.08. The fourth-order valence-electron chi connectivity index (χ4n) is 4.31. The molecule has 4 aromatic rings. The summed E-state index contributed by atoms with van der Waals surface area (Å²) >= 11 is 9.75. The van der Waals surface area contributed by atoms with Crippen molar-refractivity contribution in [2.45, 2.75) is 52.5 Å². The van der Waals surface area contributed by atoms with Crippen molar-refractivity contribution in [3.05, 3.63) is 63.4 Å². The molecule has 1 N–H and O–H groups in total. The van der Waals surface area contributed by atoms with E-state index in [0.29, 0.717) is 42.6 Å². The van der Waals surface area contributed by atoms with Crippen LogP contribution in [0.15, 0.2) is 41.1 Å². The largest absolute Gasteiger partial charge is 0.493 e. The Kier molecular flexibility index (Phi) is 9.58. The van der Waals surface area contributed by atoms with E-state index < -0.39 is 0 Å². The fourth-order valence-corrected chi connectivity index (χ4v) is 4.97. The second-order valence-corrected chi connectivity index (χ2v) is 10.1. The van der Waals surface area contributed by atoms with Gasteiger partial charge in [-0.3, -0.25) is 4.79 Å². The van der Waals surface area contributed by atoms with E-state index in [9.17, 15) is 4.79 Å². The minimum absolute atomic E-state index is 0.250. The van der Waals surface area contributed by atoms with Crippen molar-refractivity contribution < 1.29 is 14.3 Å². The molecule has 0 aliphatic rings. The summed E-state index contributed by atoms with van der Waals surface area (Å²) in [6, 6.07) is 9.88. The van der Waals surface area contributed by atoms with Crippen molar-refractivity contribution >= 4 is 56.2 Å². The Hall–Kier alpha value is -3.17. The van der Waals surface area contributed by atoms with Crippen LogP contribution in [0.1, 0.15) is 55.0 Å². The number of imidazole rings is 1. The first kappa shape index (κ1) is 27.9. The van der Waals surface area contributed by atoms with E-state index in [1.807, 2.05) is 28.8 Å². The molecule has 0 amide bonds. The number of unbranched alkanes of at least 4 members (excludes halogenated alkanes) is 1. The molecule has 0 aliphatic carbocycles. The van der Waals surface area contributed by atoms with Crippen LogP contribution in [0.2, 0.25) is 5.15 Å². The number of halogens is 2. The van der Waals surface area contributed by atoms with Crippen LogP contribution in [0.4, 0.5) is 11.5 Å². The molecule has 10 heteroatoms. The van der Waals surface area contributed by atoms with Gasteiger partial charge in [0.2, 0.25) is 0 Å². The third kappa shape index (κ3) is 6.27. The van der Waals surface area contributed by atoms with Crippen LogP contribution in [0.5, 0.6) is 11.5 Å². The van der Waals surface area contributed by atoms with Crippen molar-refractivity contribution in [3.8, 4) is 11.5 Å². The van der Waals surface area contributed by atoms with E-state index in [1.165, 1.54) is 11.9 Å². The van der Waals surface area contributed by atoms with Gasteiger partial charge in [-0.2, -0.15) is 0 Å². The molecule has 2 heterocycles. The summed E-state index contributed by atoms with van der Waals surface area (Å²) in [5, 5.41) is 4.53. The first-order valence-corrected chi connectivity index (χ1v) is 13.9. The summed E-state index contributed by atoms with van der Waals surface area (Å²) < 4.78 is 14.7. The summed E-state index contributed by atoms with van der Waals surface area (Å²) in [5.41, 5.74) is 3.31. The molecule has 2 aromatic carbocycles. The Morgan fingerprint density at radius 1 is 1.13 bits per heavy atom. The van der Waals surface area contributed by atoms with E-state index >= 15 is 0 Å². The minimum atomic E-state index is 0.250. The van der Waals surface area contributed by atoms with E-state index in [-0.39, 0.29) is 5.15 Å². The average Bonchev–Trinajstić information content (AvgIpc) is 3.24. The Labute approximate surface area is 235 Å². The van der Waals surface area contributed by atoms with E-state index in [0.717, 1.165) is 58.9 Å². The topological polar surface area (TPSA) is 91.2 Å². The highest BCUT2D eigenvalue weighted by molar-refractivity contribution is 9.10. The molecular formula is C28H31BrClN5O3. The Balaban J connectivity index is 1.54. The maximum atomic E-state index is 11.6. The number of methoxy groups -OCH3 is 1. The van der Waals surface area contributed by atoms with Gasteiger partial charge in [-0.25, -0.2) is 15.0 Å². The number of aryl methyl sites for hydroxylation is 2. The molecular weight excluding hydrogens is 570 g/mol. The monoisotopic (exact) mass is 599 g/mol. The number of nitrogens with one attached hydrogen (secondary N) is 1. The van der Waals surface area contributed by atoms with Crippen molar-refractivity contribution in [2.75, 3.05) is 19.0 Å². The second-order valence-electron chi connectivity index (χ2n) is 8.80. The number of anilines is 2. The molecule has 0 saturated heterocycles. The number of nitrogens with zero attached hydrogens (tertiary/aromatic N) is 4. The lowest BCUT2D eigenvalue weighted by atomic mass is 10.1. The van der Waals surface area contributed by atoms with Crippen LogP contribution in [-0.4, -0.2) is 39.5 Å². The summed E-state index contributed by atoms with van der Waals surface area (Å²) in [5.74, 6) is 2.69. The lowest BCUT2D eigenvalue weighted by molar-refractivity contribution is 0.111. The number of ether oxygens (including phenoxy) is 2. The molecule has 0 fully saturated rings. The van der Waals surface area contributed by atoms with Gasteiger partial charge in [-0.15, -0.1) is 0 Å². The summed E-state index contributed by atoms with van der Waals surface area (Å²) in [6.07, 6.45) is 6.62. The lowest BCUT2D eigenvalue weighted by Crippen LogP contribution is -2.11. The predicted molar refractivity (Wildman–Crippen MR) is 154 cm³/mol. The van der Waals surface area contributed by atoms with Crippen molar-refractivity contribution in [3.63, 3.8) is 0 Å². The number of carbonyl (C=O) groups is 1. The first-order chi connectivity index (χ1) is 18.5. The minimum Gasteiger partial charge on any atom is -0.493 e. The van der Waals surface area contributed by atoms with Gasteiger partial charge < -0.3 is 19.4 Å². The highest BCUT2D eigenvalue weighted by atomic mass is 79.9. The van der Waals surface area contributed by atoms with Crippen LogP contribution in [0, 0.1) is 0 Å². The number of rotatable bonds is 13. The number of aldehydes is 1. The molecule has 8 nitrogen and oxygen atoms in total. The lowest BCUT2D eigenvalue weighted by Gasteiger charge is -2.15. The zero-order valence-electron chi connectivity index (χ0n) is 21.8. The van der Waals surface area contributed by atoms with Crippen molar-refractivity contribution in [1.82, 2.24) is 19.5 Å². The molecule has 0 aliphatic heterocycles. The van der Waals surface area contributed by atoms with Crippen LogP contribution in [-0.2, 0) is 19.4 Å². The second kappa shape index (κ2) is 13.1. The molecule has 38 heavy (non-hydrogen) atoms. The van der Waals surface area contributed by atoms with Crippen LogP contribution >= 0.6 is 27.5 Å². The van der Waals surface area contributed by atoms with E-state index in [4.69, 9.17) is 21.1 Å². The zero-order valence-corrected chi connectivity index (χ0v) is 24.1. The Bertz CT molecular complexity index is 1430. The van der Waals surface area contributed by atoms with Crippen LogP contribution < -0.4 is 14.8 Å². The number of hydrogen-bond acceptors (Lipinski definition) is 7. The SMILES string of the molecule is CCCCc1nc(Cl)c(C=O)n1CCCOc1cc2c(Nc3ccc(Br)cc3CC)ncnc2cc1OC. The number of hydrogen-bond donors (Lipinski definition) is 1. The van der Waals surface area contributed by atoms with Crippen LogP contribution in [0.3, 0.4) is 0 Å². The molecule has 0 radical (unpaired) electrons. The molecule has 0 spiro atoms. The molecule has 0 bridgehead atoms. The van der Waals surface area contributed by atoms with Gasteiger partial charge >= 0.3 is 0 Å². The summed E-state index contributed by atoms with van der Waals surface area (Å²) in [6.45, 7) is 5.21. The van der Waals surface area contributed by atoms with Crippen molar-refractivity contribution in [2.24, 2.45) is 0 Å². The summed E-state index contributed by atoms with van der Waals surface area (Å²) in [4.78, 5) is 24.9. The highest BCUT2D eigenvalue weighted by Crippen LogP contribution is 2.35.